The summed E-state index contributed by atoms with van der Waals surface area (Å²) in [5, 5.41) is 0. The van der Waals surface area contributed by atoms with Crippen molar-refractivity contribution in [1.29, 1.82) is 0 Å². The number of hydrogen-bond donors (Lipinski definition) is 0. The van der Waals surface area contributed by atoms with Gasteiger partial charge in [-0.25, -0.2) is 0 Å². The van der Waals surface area contributed by atoms with E-state index in [1.165, 1.54) is 154 Å². The quantitative estimate of drug-likeness (QED) is 0.0261. The fourth-order valence-electron chi connectivity index (χ4n) is 9.12. The number of carbonyl (C=O) groups is 3. The van der Waals surface area contributed by atoms with Crippen LogP contribution in [0.5, 0.6) is 0 Å². The Hall–Kier alpha value is -4.45. The largest absolute Gasteiger partial charge is 0.462 e. The smallest absolute Gasteiger partial charge is 0.309 e. The maximum atomic E-state index is 12.9. The average molecular weight is 1120 g/mol. The lowest BCUT2D eigenvalue weighted by Gasteiger charge is -2.18. The van der Waals surface area contributed by atoms with E-state index in [1.54, 1.807) is 6.08 Å². The molecule has 0 saturated carbocycles. The van der Waals surface area contributed by atoms with Crippen molar-refractivity contribution in [3.8, 4) is 0 Å². The van der Waals surface area contributed by atoms with Crippen LogP contribution in [0.15, 0.2) is 134 Å². The van der Waals surface area contributed by atoms with Crippen LogP contribution in [0.2, 0.25) is 0 Å². The zero-order chi connectivity index (χ0) is 58.5. The summed E-state index contributed by atoms with van der Waals surface area (Å²) < 4.78 is 16.8. The molecular weight excluding hydrogens is 997 g/mol. The van der Waals surface area contributed by atoms with Gasteiger partial charge in [-0.2, -0.15) is 0 Å². The summed E-state index contributed by atoms with van der Waals surface area (Å²) in [7, 11) is 0. The van der Waals surface area contributed by atoms with E-state index in [0.29, 0.717) is 12.8 Å². The lowest BCUT2D eigenvalue weighted by molar-refractivity contribution is -0.166. The minimum absolute atomic E-state index is 0.116. The Morgan fingerprint density at radius 3 is 0.889 bits per heavy atom. The first-order chi connectivity index (χ1) is 40.0. The normalized spacial score (nSPS) is 13.0. The number of unbranched alkanes of at least 4 members (excludes halogenated alkanes) is 28. The minimum Gasteiger partial charge on any atom is -0.462 e. The number of carbonyl (C=O) groups excluding carboxylic acids is 3. The van der Waals surface area contributed by atoms with E-state index >= 15 is 0 Å². The molecule has 0 radical (unpaired) electrons. The van der Waals surface area contributed by atoms with Gasteiger partial charge in [0.2, 0.25) is 0 Å². The highest BCUT2D eigenvalue weighted by Gasteiger charge is 2.19. The summed E-state index contributed by atoms with van der Waals surface area (Å²) in [6.45, 7) is 6.40. The van der Waals surface area contributed by atoms with Crippen molar-refractivity contribution in [1.82, 2.24) is 0 Å². The molecule has 6 heteroatoms. The molecule has 0 spiro atoms. The molecule has 0 aromatic heterocycles. The molecule has 0 aliphatic rings. The molecule has 0 heterocycles. The van der Waals surface area contributed by atoms with Gasteiger partial charge in [0.15, 0.2) is 6.10 Å². The van der Waals surface area contributed by atoms with Gasteiger partial charge in [-0.3, -0.25) is 14.4 Å². The van der Waals surface area contributed by atoms with Crippen LogP contribution >= 0.6 is 0 Å². The van der Waals surface area contributed by atoms with E-state index in [4.69, 9.17) is 14.2 Å². The molecule has 0 saturated heterocycles. The summed E-state index contributed by atoms with van der Waals surface area (Å²) in [6.07, 6.45) is 96.4. The fourth-order valence-corrected chi connectivity index (χ4v) is 9.12. The van der Waals surface area contributed by atoms with Crippen molar-refractivity contribution in [2.75, 3.05) is 13.2 Å². The molecule has 0 aromatic carbocycles. The Labute approximate surface area is 500 Å². The van der Waals surface area contributed by atoms with Crippen LogP contribution in [0.1, 0.15) is 303 Å². The second-order valence-corrected chi connectivity index (χ2v) is 22.0. The van der Waals surface area contributed by atoms with E-state index in [2.05, 4.69) is 142 Å². The van der Waals surface area contributed by atoms with Crippen LogP contribution in [0.25, 0.3) is 0 Å². The Morgan fingerprint density at radius 1 is 0.272 bits per heavy atom. The van der Waals surface area contributed by atoms with Crippen molar-refractivity contribution in [2.45, 2.75) is 309 Å². The maximum Gasteiger partial charge on any atom is 0.309 e. The van der Waals surface area contributed by atoms with Gasteiger partial charge in [-0.15, -0.1) is 0 Å². The maximum absolute atomic E-state index is 12.9. The molecule has 1 atom stereocenters. The van der Waals surface area contributed by atoms with Gasteiger partial charge < -0.3 is 14.2 Å². The standard InChI is InChI=1S/C75H124O6/c1-4-7-10-13-16-19-22-25-28-30-32-33-34-35-36-37-38-39-40-41-43-44-47-50-53-56-59-62-65-68-74(77)80-71-72(70-79-73(76)67-64-61-58-55-52-49-46-27-24-21-18-15-12-9-6-3)81-75(78)69-66-63-60-57-54-51-48-45-42-31-29-26-23-20-17-14-11-8-5-2/h9,12,17-18,20-22,25-27,29-30,32,34-35,42,45-46,52,55,61,64,72H,4-8,10-11,13-16,19,23-24,28,31,33,36-41,43-44,47-51,53-54,56-60,62-63,65-71H2,1-3H3/b12-9-,20-17-,21-18-,25-22-,29-26-,32-30-,35-34-,45-42-,46-27-,55-52-,64-61-. The first-order valence-corrected chi connectivity index (χ1v) is 33.7. The molecule has 460 valence electrons. The predicted molar refractivity (Wildman–Crippen MR) is 353 cm³/mol. The van der Waals surface area contributed by atoms with Crippen molar-refractivity contribution in [2.24, 2.45) is 0 Å². The zero-order valence-electron chi connectivity index (χ0n) is 52.8. The summed E-state index contributed by atoms with van der Waals surface area (Å²) in [4.78, 5) is 38.3. The summed E-state index contributed by atoms with van der Waals surface area (Å²) in [6, 6.07) is 0. The van der Waals surface area contributed by atoms with E-state index in [9.17, 15) is 14.4 Å². The van der Waals surface area contributed by atoms with Gasteiger partial charge in [0.05, 0.1) is 6.42 Å². The molecule has 0 amide bonds. The SMILES string of the molecule is CC/C=C\C/C=C\C/C=C\C/C=C\C/C=C\CC(=O)OCC(COC(=O)CCCCCCCCCCCCCCCC/C=C\C/C=C\C/C=C\CCCCCCC)OC(=O)CCCCCCCC/C=C\C/C=C\C/C=C\CCCCC. The summed E-state index contributed by atoms with van der Waals surface area (Å²) in [5.74, 6) is -1.06. The minimum atomic E-state index is -0.831. The molecule has 0 N–H and O–H groups in total. The summed E-state index contributed by atoms with van der Waals surface area (Å²) in [5.41, 5.74) is 0. The van der Waals surface area contributed by atoms with E-state index in [0.717, 1.165) is 109 Å². The fraction of sp³-hybridized carbons (Fsp3) is 0.667. The lowest BCUT2D eigenvalue weighted by Crippen LogP contribution is -2.30. The van der Waals surface area contributed by atoms with Crippen molar-refractivity contribution < 1.29 is 28.6 Å². The number of hydrogen-bond acceptors (Lipinski definition) is 6. The molecule has 0 rings (SSSR count). The molecule has 0 bridgehead atoms. The van der Waals surface area contributed by atoms with E-state index in [1.807, 2.05) is 6.08 Å². The van der Waals surface area contributed by atoms with Gasteiger partial charge in [0.25, 0.3) is 0 Å². The highest BCUT2D eigenvalue weighted by Crippen LogP contribution is 2.16. The van der Waals surface area contributed by atoms with Gasteiger partial charge in [0.1, 0.15) is 13.2 Å². The van der Waals surface area contributed by atoms with Gasteiger partial charge in [-0.05, 0) is 122 Å². The second kappa shape index (κ2) is 68.1. The van der Waals surface area contributed by atoms with Crippen LogP contribution in [0, 0.1) is 0 Å². The van der Waals surface area contributed by atoms with Gasteiger partial charge in [-0.1, -0.05) is 296 Å². The second-order valence-electron chi connectivity index (χ2n) is 22.0. The molecular formula is C75H124O6. The van der Waals surface area contributed by atoms with Crippen LogP contribution in [-0.4, -0.2) is 37.2 Å². The van der Waals surface area contributed by atoms with Crippen LogP contribution < -0.4 is 0 Å². The first kappa shape index (κ1) is 76.5. The number of esters is 3. The number of ether oxygens (including phenoxy) is 3. The lowest BCUT2D eigenvalue weighted by atomic mass is 10.0. The van der Waals surface area contributed by atoms with Crippen molar-refractivity contribution in [3.05, 3.63) is 134 Å². The van der Waals surface area contributed by atoms with Gasteiger partial charge >= 0.3 is 17.9 Å². The van der Waals surface area contributed by atoms with Crippen LogP contribution in [0.3, 0.4) is 0 Å². The third-order valence-electron chi connectivity index (χ3n) is 14.1. The Kier molecular flexibility index (Phi) is 64.3. The molecule has 0 fully saturated rings. The molecule has 6 nitrogen and oxygen atoms in total. The van der Waals surface area contributed by atoms with E-state index in [-0.39, 0.29) is 31.6 Å². The average Bonchev–Trinajstić information content (AvgIpc) is 3.47. The third kappa shape index (κ3) is 66.2. The topological polar surface area (TPSA) is 78.9 Å². The Balaban J connectivity index is 4.38. The highest BCUT2D eigenvalue weighted by atomic mass is 16.6. The van der Waals surface area contributed by atoms with E-state index < -0.39 is 12.1 Å². The molecule has 1 unspecified atom stereocenters. The Bertz CT molecular complexity index is 1720. The molecule has 0 aromatic rings. The monoisotopic (exact) mass is 1120 g/mol. The Morgan fingerprint density at radius 2 is 0.531 bits per heavy atom. The van der Waals surface area contributed by atoms with Gasteiger partial charge in [0, 0.05) is 12.8 Å². The predicted octanol–water partition coefficient (Wildman–Crippen LogP) is 23.3. The van der Waals surface area contributed by atoms with Crippen LogP contribution in [0.4, 0.5) is 0 Å². The highest BCUT2D eigenvalue weighted by molar-refractivity contribution is 5.72. The number of rotatable bonds is 60. The van der Waals surface area contributed by atoms with Crippen molar-refractivity contribution in [3.63, 3.8) is 0 Å². The summed E-state index contributed by atoms with van der Waals surface area (Å²) >= 11 is 0. The molecule has 81 heavy (non-hydrogen) atoms. The molecule has 0 aliphatic heterocycles. The molecule has 0 aliphatic carbocycles. The third-order valence-corrected chi connectivity index (χ3v) is 14.1. The first-order valence-electron chi connectivity index (χ1n) is 33.7. The number of allylic oxidation sites excluding steroid dienone is 21. The van der Waals surface area contributed by atoms with Crippen molar-refractivity contribution >= 4 is 17.9 Å². The van der Waals surface area contributed by atoms with Crippen LogP contribution in [-0.2, 0) is 28.6 Å². The zero-order valence-corrected chi connectivity index (χ0v) is 52.8.